The molecule has 3 N–H and O–H groups in total. The summed E-state index contributed by atoms with van der Waals surface area (Å²) in [6.45, 7) is 2.70. The molecule has 3 amide bonds. The number of pyridine rings is 1. The number of hydrogen-bond donors (Lipinski definition) is 3. The van der Waals surface area contributed by atoms with Gasteiger partial charge in [-0.05, 0) is 41.3 Å². The van der Waals surface area contributed by atoms with Crippen LogP contribution in [0.2, 0.25) is 10.0 Å². The highest BCUT2D eigenvalue weighted by atomic mass is 35.5. The van der Waals surface area contributed by atoms with E-state index in [1.165, 1.54) is 50.4 Å². The first-order chi connectivity index (χ1) is 19.8. The molecule has 1 heterocycles. The third-order valence-corrected chi connectivity index (χ3v) is 6.89. The number of amides is 3. The molecule has 0 unspecified atom stereocenters. The maximum atomic E-state index is 13.6. The smallest absolute Gasteiger partial charge is 0.344 e. The summed E-state index contributed by atoms with van der Waals surface area (Å²) in [6.07, 6.45) is -3.88. The predicted molar refractivity (Wildman–Crippen MR) is 151 cm³/mol. The van der Waals surface area contributed by atoms with Gasteiger partial charge in [0.2, 0.25) is 11.8 Å². The van der Waals surface area contributed by atoms with Crippen molar-refractivity contribution in [3.63, 3.8) is 0 Å². The first kappa shape index (κ1) is 32.6. The molecule has 0 aliphatic carbocycles. The van der Waals surface area contributed by atoms with Crippen LogP contribution in [0.5, 0.6) is 0 Å². The average molecular weight is 623 g/mol. The average Bonchev–Trinajstić information content (AvgIpc) is 2.95. The van der Waals surface area contributed by atoms with Crippen molar-refractivity contribution in [2.45, 2.75) is 44.6 Å². The van der Waals surface area contributed by atoms with Gasteiger partial charge < -0.3 is 16.0 Å². The van der Waals surface area contributed by atoms with Crippen molar-refractivity contribution in [1.29, 1.82) is 0 Å². The van der Waals surface area contributed by atoms with Crippen LogP contribution in [0.15, 0.2) is 72.9 Å². The van der Waals surface area contributed by atoms with E-state index < -0.39 is 53.7 Å². The molecular weight excluding hydrogens is 596 g/mol. The Morgan fingerprint density at radius 2 is 1.50 bits per heavy atom. The van der Waals surface area contributed by atoms with Crippen LogP contribution in [0.3, 0.4) is 0 Å². The minimum absolute atomic E-state index is 0.0206. The number of hydrogen-bond acceptors (Lipinski definition) is 5. The van der Waals surface area contributed by atoms with Crippen LogP contribution in [0.25, 0.3) is 0 Å². The first-order valence-corrected chi connectivity index (χ1v) is 13.5. The molecule has 8 nitrogen and oxygen atoms in total. The zero-order valence-electron chi connectivity index (χ0n) is 22.4. The van der Waals surface area contributed by atoms with Crippen molar-refractivity contribution in [3.05, 3.63) is 99.8 Å². The Labute approximate surface area is 250 Å². The standard InChI is InChI=1S/C29H27Cl2F3N4O4/c1-16(2)23(25(39)29(32,33)34)37-28(42)24(18-8-4-3-5-9-18)38-27(41)22(15-17-11-12-19(30)20(31)14-17)36-26(40)21-10-6-7-13-35-21/h3-14,16,22-24H,15H2,1-2H3,(H,36,40)(H,37,42)(H,38,41)/t22-,23-,24-/m0/s1. The second kappa shape index (κ2) is 14.3. The predicted octanol–water partition coefficient (Wildman–Crippen LogP) is 4.86. The van der Waals surface area contributed by atoms with Gasteiger partial charge in [0.05, 0.1) is 16.1 Å². The van der Waals surface area contributed by atoms with Gasteiger partial charge in [-0.15, -0.1) is 0 Å². The number of carbonyl (C=O) groups is 4. The van der Waals surface area contributed by atoms with Gasteiger partial charge in [0, 0.05) is 12.6 Å². The Bertz CT molecular complexity index is 1420. The third kappa shape index (κ3) is 8.77. The molecule has 13 heteroatoms. The topological polar surface area (TPSA) is 117 Å². The number of benzene rings is 2. The fourth-order valence-corrected chi connectivity index (χ4v) is 4.30. The zero-order valence-corrected chi connectivity index (χ0v) is 23.9. The summed E-state index contributed by atoms with van der Waals surface area (Å²) in [5.74, 6) is -5.60. The first-order valence-electron chi connectivity index (χ1n) is 12.7. The quantitative estimate of drug-likeness (QED) is 0.282. The van der Waals surface area contributed by atoms with Crippen molar-refractivity contribution in [2.75, 3.05) is 0 Å². The summed E-state index contributed by atoms with van der Waals surface area (Å²) < 4.78 is 39.7. The van der Waals surface area contributed by atoms with Gasteiger partial charge >= 0.3 is 6.18 Å². The lowest BCUT2D eigenvalue weighted by molar-refractivity contribution is -0.175. The number of Topliss-reactive ketones (excluding diaryl/α,β-unsaturated/α-hetero) is 1. The van der Waals surface area contributed by atoms with Crippen LogP contribution >= 0.6 is 23.2 Å². The van der Waals surface area contributed by atoms with Gasteiger partial charge in [-0.2, -0.15) is 13.2 Å². The van der Waals surface area contributed by atoms with E-state index in [1.54, 1.807) is 36.4 Å². The minimum Gasteiger partial charge on any atom is -0.344 e. The Morgan fingerprint density at radius 3 is 2.07 bits per heavy atom. The summed E-state index contributed by atoms with van der Waals surface area (Å²) in [4.78, 5) is 55.9. The fourth-order valence-electron chi connectivity index (χ4n) is 3.98. The van der Waals surface area contributed by atoms with Crippen LogP contribution in [0, 0.1) is 5.92 Å². The van der Waals surface area contributed by atoms with Crippen LogP contribution in [0.1, 0.15) is 41.5 Å². The number of ketones is 1. The lowest BCUT2D eigenvalue weighted by Crippen LogP contribution is -2.55. The Hall–Kier alpha value is -3.96. The van der Waals surface area contributed by atoms with Gasteiger partial charge in [0.1, 0.15) is 17.8 Å². The van der Waals surface area contributed by atoms with Gasteiger partial charge in [-0.25, -0.2) is 0 Å². The van der Waals surface area contributed by atoms with Gasteiger partial charge in [0.25, 0.3) is 11.7 Å². The van der Waals surface area contributed by atoms with Crippen molar-refractivity contribution in [2.24, 2.45) is 5.92 Å². The van der Waals surface area contributed by atoms with E-state index in [0.29, 0.717) is 5.56 Å². The molecule has 3 atom stereocenters. The van der Waals surface area contributed by atoms with Crippen LogP contribution in [-0.4, -0.2) is 46.7 Å². The molecular formula is C29H27Cl2F3N4O4. The molecule has 0 fully saturated rings. The lowest BCUT2D eigenvalue weighted by atomic mass is 9.97. The summed E-state index contributed by atoms with van der Waals surface area (Å²) in [5, 5.41) is 7.73. The van der Waals surface area contributed by atoms with E-state index in [9.17, 15) is 32.3 Å². The second-order valence-electron chi connectivity index (χ2n) is 9.64. The van der Waals surface area contributed by atoms with E-state index in [2.05, 4.69) is 20.9 Å². The molecule has 0 bridgehead atoms. The molecule has 2 aromatic carbocycles. The van der Waals surface area contributed by atoms with Crippen molar-refractivity contribution >= 4 is 46.7 Å². The maximum absolute atomic E-state index is 13.6. The molecule has 0 radical (unpaired) electrons. The van der Waals surface area contributed by atoms with Crippen LogP contribution < -0.4 is 16.0 Å². The van der Waals surface area contributed by atoms with Crippen LogP contribution in [-0.2, 0) is 20.8 Å². The van der Waals surface area contributed by atoms with Gasteiger partial charge in [0.15, 0.2) is 0 Å². The second-order valence-corrected chi connectivity index (χ2v) is 10.5. The van der Waals surface area contributed by atoms with Crippen LogP contribution in [0.4, 0.5) is 13.2 Å². The monoisotopic (exact) mass is 622 g/mol. The SMILES string of the molecule is CC(C)[C@H](NC(=O)[C@@H](NC(=O)[C@H](Cc1ccc(Cl)c(Cl)c1)NC(=O)c1ccccn1)c1ccccc1)C(=O)C(F)(F)F. The molecule has 0 aliphatic rings. The summed E-state index contributed by atoms with van der Waals surface area (Å²) in [5.41, 5.74) is 0.768. The number of alkyl halides is 3. The molecule has 42 heavy (non-hydrogen) atoms. The minimum atomic E-state index is -5.19. The lowest BCUT2D eigenvalue weighted by Gasteiger charge is -2.27. The number of carbonyl (C=O) groups excluding carboxylic acids is 4. The Kier molecular flexibility index (Phi) is 11.1. The highest BCUT2D eigenvalue weighted by Crippen LogP contribution is 2.24. The maximum Gasteiger partial charge on any atom is 0.452 e. The number of halogens is 5. The number of aromatic nitrogens is 1. The molecule has 1 aromatic heterocycles. The van der Waals surface area contributed by atoms with Crippen molar-refractivity contribution < 1.29 is 32.3 Å². The Balaban J connectivity index is 1.93. The highest BCUT2D eigenvalue weighted by molar-refractivity contribution is 6.42. The summed E-state index contributed by atoms with van der Waals surface area (Å²) in [6, 6.07) is 12.3. The molecule has 3 aromatic rings. The van der Waals surface area contributed by atoms with E-state index in [1.807, 2.05) is 0 Å². The van der Waals surface area contributed by atoms with E-state index >= 15 is 0 Å². The Morgan fingerprint density at radius 1 is 0.833 bits per heavy atom. The number of rotatable bonds is 11. The third-order valence-electron chi connectivity index (χ3n) is 6.15. The van der Waals surface area contributed by atoms with Gasteiger partial charge in [-0.1, -0.05) is 79.5 Å². The fraction of sp³-hybridized carbons (Fsp3) is 0.276. The van der Waals surface area contributed by atoms with Crippen molar-refractivity contribution in [3.8, 4) is 0 Å². The van der Waals surface area contributed by atoms with Crippen molar-refractivity contribution in [1.82, 2.24) is 20.9 Å². The molecule has 0 spiro atoms. The van der Waals surface area contributed by atoms with E-state index in [4.69, 9.17) is 23.2 Å². The summed E-state index contributed by atoms with van der Waals surface area (Å²) in [7, 11) is 0. The summed E-state index contributed by atoms with van der Waals surface area (Å²) >= 11 is 12.1. The number of nitrogens with one attached hydrogen (secondary N) is 3. The highest BCUT2D eigenvalue weighted by Gasteiger charge is 2.45. The molecule has 0 saturated carbocycles. The normalized spacial score (nSPS) is 13.5. The molecule has 0 saturated heterocycles. The van der Waals surface area contributed by atoms with E-state index in [-0.39, 0.29) is 27.7 Å². The molecule has 3 rings (SSSR count). The molecule has 0 aliphatic heterocycles. The molecule has 222 valence electrons. The largest absolute Gasteiger partial charge is 0.452 e. The zero-order chi connectivity index (χ0) is 31.0. The van der Waals surface area contributed by atoms with Gasteiger partial charge in [-0.3, -0.25) is 24.2 Å². The van der Waals surface area contributed by atoms with E-state index in [0.717, 1.165) is 0 Å². The number of nitrogens with zero attached hydrogens (tertiary/aromatic N) is 1.